The zero-order valence-electron chi connectivity index (χ0n) is 17.9. The maximum Gasteiger partial charge on any atom is 0.275 e. The van der Waals surface area contributed by atoms with Gasteiger partial charge in [-0.3, -0.25) is 14.9 Å². The first kappa shape index (κ1) is 19.5. The molecule has 0 aliphatic carbocycles. The normalized spacial score (nSPS) is 19.0. The fourth-order valence-electron chi connectivity index (χ4n) is 4.78. The molecule has 5 rings (SSSR count). The molecule has 31 heavy (non-hydrogen) atoms. The van der Waals surface area contributed by atoms with E-state index in [1.165, 1.54) is 11.1 Å². The minimum atomic E-state index is -0.328. The van der Waals surface area contributed by atoms with E-state index in [0.717, 1.165) is 41.5 Å². The number of aromatic amines is 1. The number of aromatic nitrogens is 3. The minimum Gasteiger partial charge on any atom is -0.336 e. The number of hydrogen-bond donors (Lipinski definition) is 1. The van der Waals surface area contributed by atoms with E-state index in [-0.39, 0.29) is 11.3 Å². The number of likely N-dealkylation sites (tertiary alicyclic amines) is 1. The number of rotatable bonds is 3. The first-order valence-electron chi connectivity index (χ1n) is 10.8. The smallest absolute Gasteiger partial charge is 0.275 e. The summed E-state index contributed by atoms with van der Waals surface area (Å²) in [4.78, 5) is 20.3. The zero-order chi connectivity index (χ0) is 21.4. The third kappa shape index (κ3) is 3.40. The van der Waals surface area contributed by atoms with Crippen LogP contribution in [0.3, 0.4) is 0 Å². The summed E-state index contributed by atoms with van der Waals surface area (Å²) in [6, 6.07) is 20.8. The van der Waals surface area contributed by atoms with Crippen LogP contribution in [0.4, 0.5) is 0 Å². The molecule has 1 aliphatic rings. The standard InChI is InChI=1S/C26H26N4O/c1-18-7-10-20(11-8-18)26(23-6-3-4-14-27-23)13-5-15-30(17-26)25(31)24-21-16-19(2)9-12-22(21)28-29-24/h3-4,6-12,14,16H,5,13,15,17H2,1-2H3,(H,28,29)/t26-/m0/s1. The SMILES string of the molecule is Cc1ccc([C@]2(c3ccccn3)CCCN(C(=O)c3n[nH]c4ccc(C)cc34)C2)cc1. The average molecular weight is 411 g/mol. The van der Waals surface area contributed by atoms with Crippen molar-refractivity contribution in [1.82, 2.24) is 20.1 Å². The lowest BCUT2D eigenvalue weighted by molar-refractivity contribution is 0.0659. The second kappa shape index (κ2) is 7.65. The van der Waals surface area contributed by atoms with Crippen LogP contribution in [0.1, 0.15) is 45.7 Å². The molecular weight excluding hydrogens is 384 g/mol. The van der Waals surface area contributed by atoms with E-state index in [1.807, 2.05) is 48.4 Å². The Kier molecular flexibility index (Phi) is 4.81. The summed E-state index contributed by atoms with van der Waals surface area (Å²) in [6.07, 6.45) is 3.71. The van der Waals surface area contributed by atoms with Crippen LogP contribution in [0.25, 0.3) is 10.9 Å². The van der Waals surface area contributed by atoms with Gasteiger partial charge in [-0.2, -0.15) is 5.10 Å². The molecule has 0 unspecified atom stereocenters. The molecule has 2 aromatic heterocycles. The number of fused-ring (bicyclic) bond motifs is 1. The zero-order valence-corrected chi connectivity index (χ0v) is 17.9. The number of piperidine rings is 1. The number of nitrogens with one attached hydrogen (secondary N) is 1. The molecule has 0 saturated carbocycles. The Morgan fingerprint density at radius 2 is 1.84 bits per heavy atom. The third-order valence-corrected chi connectivity index (χ3v) is 6.46. The quantitative estimate of drug-likeness (QED) is 0.528. The highest BCUT2D eigenvalue weighted by atomic mass is 16.2. The van der Waals surface area contributed by atoms with Crippen LogP contribution in [-0.4, -0.2) is 39.1 Å². The van der Waals surface area contributed by atoms with E-state index in [4.69, 9.17) is 4.98 Å². The van der Waals surface area contributed by atoms with Crippen LogP contribution >= 0.6 is 0 Å². The predicted molar refractivity (Wildman–Crippen MR) is 122 cm³/mol. The summed E-state index contributed by atoms with van der Waals surface area (Å²) < 4.78 is 0. The molecule has 5 heteroatoms. The van der Waals surface area contributed by atoms with E-state index in [9.17, 15) is 4.79 Å². The lowest BCUT2D eigenvalue weighted by Crippen LogP contribution is -2.49. The van der Waals surface area contributed by atoms with Crippen molar-refractivity contribution in [3.05, 3.63) is 94.9 Å². The minimum absolute atomic E-state index is 0.0241. The maximum atomic E-state index is 13.6. The Bertz CT molecular complexity index is 1230. The van der Waals surface area contributed by atoms with Gasteiger partial charge in [-0.05, 0) is 56.5 Å². The Labute approximate surface area is 182 Å². The van der Waals surface area contributed by atoms with Gasteiger partial charge in [0.25, 0.3) is 5.91 Å². The fraction of sp³-hybridized carbons (Fsp3) is 0.269. The van der Waals surface area contributed by atoms with E-state index >= 15 is 0 Å². The summed E-state index contributed by atoms with van der Waals surface area (Å²) >= 11 is 0. The van der Waals surface area contributed by atoms with Crippen molar-refractivity contribution in [3.8, 4) is 0 Å². The first-order chi connectivity index (χ1) is 15.1. The largest absolute Gasteiger partial charge is 0.336 e. The molecule has 3 heterocycles. The lowest BCUT2D eigenvalue weighted by atomic mass is 9.71. The lowest BCUT2D eigenvalue weighted by Gasteiger charge is -2.43. The highest BCUT2D eigenvalue weighted by Crippen LogP contribution is 2.40. The van der Waals surface area contributed by atoms with Crippen LogP contribution in [0.2, 0.25) is 0 Å². The van der Waals surface area contributed by atoms with Gasteiger partial charge in [0.05, 0.1) is 16.6 Å². The highest BCUT2D eigenvalue weighted by Gasteiger charge is 2.42. The maximum absolute atomic E-state index is 13.6. The number of pyridine rings is 1. The highest BCUT2D eigenvalue weighted by molar-refractivity contribution is 6.04. The Balaban J connectivity index is 1.56. The van der Waals surface area contributed by atoms with Crippen molar-refractivity contribution >= 4 is 16.8 Å². The van der Waals surface area contributed by atoms with Crippen LogP contribution < -0.4 is 0 Å². The topological polar surface area (TPSA) is 61.9 Å². The molecule has 0 bridgehead atoms. The van der Waals surface area contributed by atoms with Gasteiger partial charge in [0, 0.05) is 24.7 Å². The van der Waals surface area contributed by atoms with Crippen LogP contribution in [0.5, 0.6) is 0 Å². The second-order valence-electron chi connectivity index (χ2n) is 8.61. The number of hydrogen-bond acceptors (Lipinski definition) is 3. The number of benzene rings is 2. The first-order valence-corrected chi connectivity index (χ1v) is 10.8. The molecular formula is C26H26N4O. The third-order valence-electron chi connectivity index (χ3n) is 6.46. The van der Waals surface area contributed by atoms with Crippen molar-refractivity contribution < 1.29 is 4.79 Å². The van der Waals surface area contributed by atoms with Gasteiger partial charge in [0.2, 0.25) is 0 Å². The van der Waals surface area contributed by atoms with Gasteiger partial charge in [0.1, 0.15) is 0 Å². The summed E-state index contributed by atoms with van der Waals surface area (Å²) in [6.45, 7) is 5.44. The molecule has 156 valence electrons. The fourth-order valence-corrected chi connectivity index (χ4v) is 4.78. The summed E-state index contributed by atoms with van der Waals surface area (Å²) in [7, 11) is 0. The summed E-state index contributed by atoms with van der Waals surface area (Å²) in [5, 5.41) is 8.28. The van der Waals surface area contributed by atoms with Gasteiger partial charge in [-0.25, -0.2) is 0 Å². The molecule has 1 N–H and O–H groups in total. The van der Waals surface area contributed by atoms with Gasteiger partial charge in [-0.15, -0.1) is 0 Å². The molecule has 1 saturated heterocycles. The second-order valence-corrected chi connectivity index (χ2v) is 8.61. The van der Waals surface area contributed by atoms with Gasteiger partial charge in [-0.1, -0.05) is 47.5 Å². The Morgan fingerprint density at radius 3 is 2.61 bits per heavy atom. The number of amides is 1. The van der Waals surface area contributed by atoms with Crippen molar-refractivity contribution in [3.63, 3.8) is 0 Å². The number of aryl methyl sites for hydroxylation is 2. The molecule has 2 aromatic carbocycles. The molecule has 1 fully saturated rings. The average Bonchev–Trinajstić information content (AvgIpc) is 3.22. The molecule has 0 radical (unpaired) electrons. The molecule has 0 spiro atoms. The van der Waals surface area contributed by atoms with E-state index < -0.39 is 0 Å². The van der Waals surface area contributed by atoms with E-state index in [2.05, 4.69) is 47.5 Å². The molecule has 5 nitrogen and oxygen atoms in total. The van der Waals surface area contributed by atoms with Crippen LogP contribution in [0, 0.1) is 13.8 Å². The van der Waals surface area contributed by atoms with Crippen molar-refractivity contribution in [2.24, 2.45) is 0 Å². The summed E-state index contributed by atoms with van der Waals surface area (Å²) in [5.41, 5.74) is 5.62. The van der Waals surface area contributed by atoms with Crippen LogP contribution in [-0.2, 0) is 5.41 Å². The number of nitrogens with zero attached hydrogens (tertiary/aromatic N) is 3. The Morgan fingerprint density at radius 1 is 1.03 bits per heavy atom. The number of carbonyl (C=O) groups is 1. The van der Waals surface area contributed by atoms with Gasteiger partial charge >= 0.3 is 0 Å². The number of H-pyrrole nitrogens is 1. The molecule has 4 aromatic rings. The van der Waals surface area contributed by atoms with Crippen molar-refractivity contribution in [2.75, 3.05) is 13.1 Å². The molecule has 1 amide bonds. The molecule has 1 atom stereocenters. The van der Waals surface area contributed by atoms with Gasteiger partial charge < -0.3 is 4.90 Å². The summed E-state index contributed by atoms with van der Waals surface area (Å²) in [5.74, 6) is -0.0241. The Hall–Kier alpha value is -3.47. The predicted octanol–water partition coefficient (Wildman–Crippen LogP) is 4.80. The monoisotopic (exact) mass is 410 g/mol. The van der Waals surface area contributed by atoms with Crippen molar-refractivity contribution in [2.45, 2.75) is 32.1 Å². The van der Waals surface area contributed by atoms with E-state index in [1.54, 1.807) is 0 Å². The van der Waals surface area contributed by atoms with Crippen molar-refractivity contribution in [1.29, 1.82) is 0 Å². The van der Waals surface area contributed by atoms with E-state index in [0.29, 0.717) is 12.2 Å². The number of carbonyl (C=O) groups excluding carboxylic acids is 1. The van der Waals surface area contributed by atoms with Crippen LogP contribution in [0.15, 0.2) is 66.9 Å². The molecule has 1 aliphatic heterocycles. The van der Waals surface area contributed by atoms with Gasteiger partial charge in [0.15, 0.2) is 5.69 Å².